The first kappa shape index (κ1) is 8.57. The maximum Gasteiger partial charge on any atom is 0.169 e. The van der Waals surface area contributed by atoms with Crippen molar-refractivity contribution in [2.24, 2.45) is 10.9 Å². The van der Waals surface area contributed by atoms with E-state index in [0.717, 1.165) is 19.4 Å². The summed E-state index contributed by atoms with van der Waals surface area (Å²) in [6.07, 6.45) is 3.85. The van der Waals surface area contributed by atoms with E-state index in [0.29, 0.717) is 5.92 Å². The lowest BCUT2D eigenvalue weighted by atomic mass is 9.89. The van der Waals surface area contributed by atoms with Gasteiger partial charge in [-0.25, -0.2) is 0 Å². The molecule has 0 aliphatic carbocycles. The molecule has 11 heavy (non-hydrogen) atoms. The van der Waals surface area contributed by atoms with Crippen molar-refractivity contribution >= 4 is 6.40 Å². The molecule has 0 bridgehead atoms. The molecule has 0 aromatic heterocycles. The van der Waals surface area contributed by atoms with E-state index in [1.54, 1.807) is 6.40 Å². The van der Waals surface area contributed by atoms with Crippen molar-refractivity contribution in [3.8, 4) is 0 Å². The molecule has 1 aliphatic rings. The summed E-state index contributed by atoms with van der Waals surface area (Å²) in [6.45, 7) is 7.39. The number of hydrogen-bond acceptors (Lipinski definition) is 2. The topological polar surface area (TPSA) is 21.6 Å². The number of aliphatic imine (C=N–C) groups is 1. The summed E-state index contributed by atoms with van der Waals surface area (Å²) in [6, 6.07) is 0. The second-order valence-electron chi connectivity index (χ2n) is 3.73. The molecule has 2 atom stereocenters. The zero-order valence-electron chi connectivity index (χ0n) is 7.63. The first-order valence-electron chi connectivity index (χ1n) is 4.31. The summed E-state index contributed by atoms with van der Waals surface area (Å²) in [5, 5.41) is 0. The zero-order valence-corrected chi connectivity index (χ0v) is 7.63. The predicted molar refractivity (Wildman–Crippen MR) is 46.9 cm³/mol. The molecule has 0 saturated carbocycles. The summed E-state index contributed by atoms with van der Waals surface area (Å²) in [4.78, 5) is 4.38. The van der Waals surface area contributed by atoms with Crippen molar-refractivity contribution in [2.75, 3.05) is 6.61 Å². The van der Waals surface area contributed by atoms with E-state index in [2.05, 4.69) is 25.8 Å². The third-order valence-electron chi connectivity index (χ3n) is 2.37. The lowest BCUT2D eigenvalue weighted by molar-refractivity contribution is 0.246. The Hall–Kier alpha value is -0.530. The molecule has 0 N–H and O–H groups in total. The molecule has 0 amide bonds. The molecule has 2 nitrogen and oxygen atoms in total. The summed E-state index contributed by atoms with van der Waals surface area (Å²) < 4.78 is 5.21. The van der Waals surface area contributed by atoms with Gasteiger partial charge in [0.05, 0.1) is 12.1 Å². The highest BCUT2D eigenvalue weighted by Gasteiger charge is 2.25. The molecule has 2 heteroatoms. The average Bonchev–Trinajstić information content (AvgIpc) is 2.13. The van der Waals surface area contributed by atoms with Crippen LogP contribution >= 0.6 is 0 Å². The lowest BCUT2D eigenvalue weighted by Gasteiger charge is -2.23. The molecule has 1 rings (SSSR count). The number of ether oxygens (including phenoxy) is 1. The van der Waals surface area contributed by atoms with Crippen LogP contribution in [0.15, 0.2) is 4.99 Å². The van der Waals surface area contributed by atoms with Gasteiger partial charge in [0.2, 0.25) is 0 Å². The second-order valence-corrected chi connectivity index (χ2v) is 3.73. The predicted octanol–water partition coefficient (Wildman–Crippen LogP) is 2.24. The van der Waals surface area contributed by atoms with Crippen LogP contribution < -0.4 is 0 Å². The highest BCUT2D eigenvalue weighted by Crippen LogP contribution is 2.26. The van der Waals surface area contributed by atoms with Gasteiger partial charge in [0.15, 0.2) is 6.40 Å². The van der Waals surface area contributed by atoms with Crippen molar-refractivity contribution in [1.82, 2.24) is 0 Å². The Labute approximate surface area is 68.7 Å². The van der Waals surface area contributed by atoms with Crippen molar-refractivity contribution in [3.05, 3.63) is 0 Å². The molecule has 0 radical (unpaired) electrons. The monoisotopic (exact) mass is 155 g/mol. The molecule has 0 aromatic rings. The maximum atomic E-state index is 5.21. The number of nitrogens with zero attached hydrogens (tertiary/aromatic N) is 1. The van der Waals surface area contributed by atoms with Gasteiger partial charge in [0.25, 0.3) is 0 Å². The normalized spacial score (nSPS) is 37.9. The van der Waals surface area contributed by atoms with Gasteiger partial charge in [-0.15, -0.1) is 0 Å². The fourth-order valence-electron chi connectivity index (χ4n) is 1.47. The molecule has 1 aliphatic heterocycles. The third kappa shape index (κ3) is 2.21. The fourth-order valence-corrected chi connectivity index (χ4v) is 1.47. The summed E-state index contributed by atoms with van der Waals surface area (Å²) >= 11 is 0. The third-order valence-corrected chi connectivity index (χ3v) is 2.37. The van der Waals surface area contributed by atoms with Crippen molar-refractivity contribution in [1.29, 1.82) is 0 Å². The van der Waals surface area contributed by atoms with Crippen LogP contribution in [0, 0.1) is 5.92 Å². The van der Waals surface area contributed by atoms with Gasteiger partial charge >= 0.3 is 0 Å². The summed E-state index contributed by atoms with van der Waals surface area (Å²) in [7, 11) is 0. The molecule has 64 valence electrons. The number of hydrogen-bond donors (Lipinski definition) is 0. The van der Waals surface area contributed by atoms with E-state index in [-0.39, 0.29) is 5.54 Å². The molecule has 1 heterocycles. The molecular formula is C9H17NO. The number of rotatable bonds is 1. The van der Waals surface area contributed by atoms with Crippen LogP contribution in [-0.2, 0) is 4.74 Å². The summed E-state index contributed by atoms with van der Waals surface area (Å²) in [5.41, 5.74) is 0.121. The Morgan fingerprint density at radius 1 is 1.73 bits per heavy atom. The minimum Gasteiger partial charge on any atom is -0.483 e. The van der Waals surface area contributed by atoms with E-state index in [4.69, 9.17) is 4.74 Å². The van der Waals surface area contributed by atoms with Crippen LogP contribution in [-0.4, -0.2) is 18.5 Å². The van der Waals surface area contributed by atoms with Gasteiger partial charge in [0.1, 0.15) is 0 Å². The second kappa shape index (κ2) is 3.24. The zero-order chi connectivity index (χ0) is 8.32. The first-order chi connectivity index (χ1) is 5.16. The Bertz CT molecular complexity index is 156. The maximum absolute atomic E-state index is 5.21. The molecule has 0 aromatic carbocycles. The molecule has 2 unspecified atom stereocenters. The quantitative estimate of drug-likeness (QED) is 0.569. The smallest absolute Gasteiger partial charge is 0.169 e. The standard InChI is InChI=1S/C9H17NO/c1-4-9(3)5-8(2)6-11-7-10-9/h7-8H,4-6H2,1-3H3. The minimum atomic E-state index is 0.121. The van der Waals surface area contributed by atoms with Crippen LogP contribution in [0.1, 0.15) is 33.6 Å². The van der Waals surface area contributed by atoms with Crippen LogP contribution in [0.3, 0.4) is 0 Å². The van der Waals surface area contributed by atoms with Crippen LogP contribution in [0.4, 0.5) is 0 Å². The first-order valence-corrected chi connectivity index (χ1v) is 4.31. The Morgan fingerprint density at radius 3 is 3.09 bits per heavy atom. The lowest BCUT2D eigenvalue weighted by Crippen LogP contribution is -2.23. The molecule has 0 saturated heterocycles. The van der Waals surface area contributed by atoms with Gasteiger partial charge in [-0.2, -0.15) is 0 Å². The van der Waals surface area contributed by atoms with Crippen LogP contribution in [0.2, 0.25) is 0 Å². The molecule has 0 fully saturated rings. The van der Waals surface area contributed by atoms with Crippen molar-refractivity contribution in [2.45, 2.75) is 39.2 Å². The van der Waals surface area contributed by atoms with E-state index >= 15 is 0 Å². The highest BCUT2D eigenvalue weighted by atomic mass is 16.5. The van der Waals surface area contributed by atoms with Gasteiger partial charge in [-0.05, 0) is 25.7 Å². The van der Waals surface area contributed by atoms with E-state index in [1.165, 1.54) is 0 Å². The van der Waals surface area contributed by atoms with E-state index in [1.807, 2.05) is 0 Å². The average molecular weight is 155 g/mol. The van der Waals surface area contributed by atoms with Gasteiger partial charge in [-0.3, -0.25) is 4.99 Å². The van der Waals surface area contributed by atoms with Crippen molar-refractivity contribution < 1.29 is 4.74 Å². The minimum absolute atomic E-state index is 0.121. The Morgan fingerprint density at radius 2 is 2.45 bits per heavy atom. The molecule has 0 spiro atoms. The Balaban J connectivity index is 2.63. The Kier molecular flexibility index (Phi) is 2.53. The van der Waals surface area contributed by atoms with Crippen LogP contribution in [0.25, 0.3) is 0 Å². The van der Waals surface area contributed by atoms with Crippen LogP contribution in [0.5, 0.6) is 0 Å². The summed E-state index contributed by atoms with van der Waals surface area (Å²) in [5.74, 6) is 0.627. The SMILES string of the molecule is CCC1(C)CC(C)COC=N1. The molecular weight excluding hydrogens is 138 g/mol. The van der Waals surface area contributed by atoms with Gasteiger partial charge in [0, 0.05) is 0 Å². The van der Waals surface area contributed by atoms with E-state index < -0.39 is 0 Å². The van der Waals surface area contributed by atoms with Gasteiger partial charge < -0.3 is 4.74 Å². The van der Waals surface area contributed by atoms with E-state index in [9.17, 15) is 0 Å². The van der Waals surface area contributed by atoms with Gasteiger partial charge in [-0.1, -0.05) is 13.8 Å². The largest absolute Gasteiger partial charge is 0.483 e. The highest BCUT2D eigenvalue weighted by molar-refractivity contribution is 5.47. The van der Waals surface area contributed by atoms with Crippen molar-refractivity contribution in [3.63, 3.8) is 0 Å². The fraction of sp³-hybridized carbons (Fsp3) is 0.889.